The van der Waals surface area contributed by atoms with Crippen LogP contribution in [-0.2, 0) is 17.6 Å². The van der Waals surface area contributed by atoms with Crippen LogP contribution in [0.2, 0.25) is 0 Å². The smallest absolute Gasteiger partial charge is 0.237 e. The highest BCUT2D eigenvalue weighted by Gasteiger charge is 2.51. The van der Waals surface area contributed by atoms with E-state index in [1.165, 1.54) is 24.0 Å². The molecular weight excluding hydrogens is 358 g/mol. The van der Waals surface area contributed by atoms with Gasteiger partial charge in [-0.25, -0.2) is 0 Å². The molecule has 5 aliphatic rings. The Morgan fingerprint density at radius 1 is 1.17 bits per heavy atom. The number of hydrogen-bond acceptors (Lipinski definition) is 3. The Hall–Kier alpha value is -1.65. The van der Waals surface area contributed by atoms with Crippen molar-refractivity contribution >= 4 is 5.91 Å². The van der Waals surface area contributed by atoms with Crippen molar-refractivity contribution in [2.24, 2.45) is 17.3 Å². The van der Waals surface area contributed by atoms with Gasteiger partial charge in [-0.2, -0.15) is 0 Å². The second-order valence-electron chi connectivity index (χ2n) is 10.3. The normalized spacial score (nSPS) is 33.1. The van der Waals surface area contributed by atoms with Crippen LogP contribution in [0.1, 0.15) is 44.2 Å². The van der Waals surface area contributed by atoms with Crippen molar-refractivity contribution in [1.29, 1.82) is 0 Å². The predicted molar refractivity (Wildman–Crippen MR) is 117 cm³/mol. The summed E-state index contributed by atoms with van der Waals surface area (Å²) in [5.41, 5.74) is 5.01. The molecule has 0 spiro atoms. The van der Waals surface area contributed by atoms with E-state index in [4.69, 9.17) is 0 Å². The Morgan fingerprint density at radius 3 is 2.52 bits per heavy atom. The standard InChI is InChI=1S/C25H35N3O/c1-25(2)19-9-8-18(22(25)12-19)14-27-20-13-23(24(29)26-3)28(15-20)21-10-16-6-4-5-7-17(16)11-21/h4-8,19-23,27H,9-15H2,1-3H3,(H,26,29)/t19-,20+,22-,23-/m0/s1. The summed E-state index contributed by atoms with van der Waals surface area (Å²) in [6, 6.07) is 9.59. The van der Waals surface area contributed by atoms with Gasteiger partial charge in [0.1, 0.15) is 0 Å². The lowest BCUT2D eigenvalue weighted by Gasteiger charge is -2.56. The molecular formula is C25H35N3O. The lowest BCUT2D eigenvalue weighted by Crippen LogP contribution is -2.50. The second kappa shape index (κ2) is 7.24. The van der Waals surface area contributed by atoms with Crippen molar-refractivity contribution in [2.45, 2.75) is 64.1 Å². The van der Waals surface area contributed by atoms with Crippen LogP contribution in [0.4, 0.5) is 0 Å². The maximum Gasteiger partial charge on any atom is 0.237 e. The highest BCUT2D eigenvalue weighted by Crippen LogP contribution is 2.59. The van der Waals surface area contributed by atoms with E-state index in [-0.39, 0.29) is 11.9 Å². The van der Waals surface area contributed by atoms with E-state index in [9.17, 15) is 4.79 Å². The van der Waals surface area contributed by atoms with Gasteiger partial charge in [0, 0.05) is 32.2 Å². The molecule has 1 saturated heterocycles. The zero-order valence-corrected chi connectivity index (χ0v) is 18.1. The van der Waals surface area contributed by atoms with Crippen LogP contribution in [0.3, 0.4) is 0 Å². The summed E-state index contributed by atoms with van der Waals surface area (Å²) in [6.07, 6.45) is 8.17. The van der Waals surface area contributed by atoms with Crippen LogP contribution in [0.25, 0.3) is 0 Å². The molecule has 1 heterocycles. The Bertz CT molecular complexity index is 804. The number of hydrogen-bond donors (Lipinski definition) is 2. The number of fused-ring (bicyclic) bond motifs is 2. The first kappa shape index (κ1) is 19.3. The molecule has 1 aliphatic heterocycles. The summed E-state index contributed by atoms with van der Waals surface area (Å²) in [4.78, 5) is 15.1. The number of carbonyl (C=O) groups excluding carboxylic acids is 1. The number of carbonyl (C=O) groups is 1. The highest BCUT2D eigenvalue weighted by atomic mass is 16.2. The SMILES string of the molecule is CNC(=O)[C@@H]1C[C@@H](NCC2=CC[C@H]3C[C@@H]2C3(C)C)CN1C1Cc2ccccc2C1. The van der Waals surface area contributed by atoms with E-state index in [0.717, 1.165) is 44.2 Å². The first-order valence-electron chi connectivity index (χ1n) is 11.4. The lowest BCUT2D eigenvalue weighted by molar-refractivity contribution is -0.125. The summed E-state index contributed by atoms with van der Waals surface area (Å²) in [6.45, 7) is 6.84. The summed E-state index contributed by atoms with van der Waals surface area (Å²) < 4.78 is 0. The Balaban J connectivity index is 1.25. The first-order valence-corrected chi connectivity index (χ1v) is 11.4. The van der Waals surface area contributed by atoms with E-state index in [0.29, 0.717) is 17.5 Å². The fraction of sp³-hybridized carbons (Fsp3) is 0.640. The summed E-state index contributed by atoms with van der Waals surface area (Å²) in [5, 5.41) is 6.75. The molecule has 0 unspecified atom stereocenters. The van der Waals surface area contributed by atoms with Gasteiger partial charge >= 0.3 is 0 Å². The van der Waals surface area contributed by atoms with Crippen LogP contribution in [0, 0.1) is 17.3 Å². The topological polar surface area (TPSA) is 44.4 Å². The number of nitrogens with zero attached hydrogens (tertiary/aromatic N) is 1. The minimum absolute atomic E-state index is 0.0123. The molecule has 0 aromatic heterocycles. The van der Waals surface area contributed by atoms with Crippen LogP contribution >= 0.6 is 0 Å². The Morgan fingerprint density at radius 2 is 1.90 bits per heavy atom. The Kier molecular flexibility index (Phi) is 4.83. The van der Waals surface area contributed by atoms with E-state index >= 15 is 0 Å². The van der Waals surface area contributed by atoms with Crippen molar-refractivity contribution in [3.05, 3.63) is 47.0 Å². The minimum atomic E-state index is -0.0123. The number of likely N-dealkylation sites (N-methyl/N-ethyl adjacent to an activating group) is 1. The molecule has 1 saturated carbocycles. The Labute approximate surface area is 175 Å². The minimum Gasteiger partial charge on any atom is -0.358 e. The predicted octanol–water partition coefficient (Wildman–Crippen LogP) is 2.92. The van der Waals surface area contributed by atoms with Gasteiger partial charge in [-0.1, -0.05) is 49.8 Å². The summed E-state index contributed by atoms with van der Waals surface area (Å²) in [7, 11) is 1.77. The van der Waals surface area contributed by atoms with Crippen LogP contribution in [0.5, 0.6) is 0 Å². The van der Waals surface area contributed by atoms with Crippen molar-refractivity contribution in [3.63, 3.8) is 0 Å². The molecule has 1 aromatic carbocycles. The van der Waals surface area contributed by atoms with Crippen molar-refractivity contribution in [1.82, 2.24) is 15.5 Å². The number of nitrogens with one attached hydrogen (secondary N) is 2. The molecule has 4 nitrogen and oxygen atoms in total. The van der Waals surface area contributed by atoms with E-state index in [2.05, 4.69) is 59.7 Å². The van der Waals surface area contributed by atoms with Gasteiger partial charge in [0.05, 0.1) is 6.04 Å². The highest BCUT2D eigenvalue weighted by molar-refractivity contribution is 5.82. The molecule has 6 rings (SSSR count). The zero-order chi connectivity index (χ0) is 20.2. The van der Waals surface area contributed by atoms with Gasteiger partial charge in [-0.3, -0.25) is 9.69 Å². The molecule has 2 N–H and O–H groups in total. The monoisotopic (exact) mass is 393 g/mol. The number of rotatable bonds is 5. The summed E-state index contributed by atoms with van der Waals surface area (Å²) >= 11 is 0. The molecule has 2 bridgehead atoms. The van der Waals surface area contributed by atoms with E-state index < -0.39 is 0 Å². The largest absolute Gasteiger partial charge is 0.358 e. The lowest BCUT2D eigenvalue weighted by atomic mass is 9.49. The molecule has 1 amide bonds. The first-order chi connectivity index (χ1) is 14.0. The third-order valence-electron chi connectivity index (χ3n) is 8.56. The molecule has 4 heteroatoms. The summed E-state index contributed by atoms with van der Waals surface area (Å²) in [5.74, 6) is 1.82. The third-order valence-corrected chi connectivity index (χ3v) is 8.56. The number of allylic oxidation sites excluding steroid dienone is 1. The number of likely N-dealkylation sites (tertiary alicyclic amines) is 1. The fourth-order valence-electron chi connectivity index (χ4n) is 6.55. The number of benzene rings is 1. The van der Waals surface area contributed by atoms with Gasteiger partial charge < -0.3 is 10.6 Å². The average molecular weight is 394 g/mol. The molecule has 4 aliphatic carbocycles. The quantitative estimate of drug-likeness (QED) is 0.756. The van der Waals surface area contributed by atoms with Gasteiger partial charge in [0.2, 0.25) is 5.91 Å². The maximum absolute atomic E-state index is 12.7. The van der Waals surface area contributed by atoms with Crippen molar-refractivity contribution in [3.8, 4) is 0 Å². The van der Waals surface area contributed by atoms with Gasteiger partial charge in [0.25, 0.3) is 0 Å². The van der Waals surface area contributed by atoms with Gasteiger partial charge in [0.15, 0.2) is 0 Å². The van der Waals surface area contributed by atoms with Gasteiger partial charge in [-0.15, -0.1) is 0 Å². The molecule has 0 radical (unpaired) electrons. The van der Waals surface area contributed by atoms with Crippen molar-refractivity contribution in [2.75, 3.05) is 20.1 Å². The molecule has 2 fully saturated rings. The van der Waals surface area contributed by atoms with E-state index in [1.54, 1.807) is 12.6 Å². The van der Waals surface area contributed by atoms with Crippen molar-refractivity contribution < 1.29 is 4.79 Å². The zero-order valence-electron chi connectivity index (χ0n) is 18.1. The van der Waals surface area contributed by atoms with Gasteiger partial charge in [-0.05, 0) is 60.5 Å². The second-order valence-corrected chi connectivity index (χ2v) is 10.3. The molecule has 29 heavy (non-hydrogen) atoms. The average Bonchev–Trinajstić information content (AvgIpc) is 3.35. The van der Waals surface area contributed by atoms with Crippen LogP contribution in [0.15, 0.2) is 35.9 Å². The van der Waals surface area contributed by atoms with Crippen LogP contribution in [-0.4, -0.2) is 49.1 Å². The molecule has 156 valence electrons. The molecule has 1 aromatic rings. The fourth-order valence-corrected chi connectivity index (χ4v) is 6.55. The van der Waals surface area contributed by atoms with E-state index in [1.807, 2.05) is 0 Å². The molecule has 4 atom stereocenters. The maximum atomic E-state index is 12.7. The number of amides is 1. The van der Waals surface area contributed by atoms with Crippen LogP contribution < -0.4 is 10.6 Å². The third kappa shape index (κ3) is 3.25.